The van der Waals surface area contributed by atoms with Crippen molar-refractivity contribution in [2.45, 2.75) is 13.0 Å². The van der Waals surface area contributed by atoms with Crippen LogP contribution in [0.3, 0.4) is 0 Å². The molecule has 0 fully saturated rings. The van der Waals surface area contributed by atoms with Crippen molar-refractivity contribution in [3.05, 3.63) is 73.7 Å². The zero-order chi connectivity index (χ0) is 16.0. The van der Waals surface area contributed by atoms with E-state index in [9.17, 15) is 4.79 Å². The highest BCUT2D eigenvalue weighted by Crippen LogP contribution is 2.28. The minimum atomic E-state index is -0.0216. The molecule has 0 saturated carbocycles. The van der Waals surface area contributed by atoms with Crippen LogP contribution in [0.2, 0.25) is 5.02 Å². The van der Waals surface area contributed by atoms with Crippen molar-refractivity contribution in [2.75, 3.05) is 0 Å². The number of halogens is 2. The second-order valence-electron chi connectivity index (χ2n) is 5.52. The van der Waals surface area contributed by atoms with Gasteiger partial charge in [-0.3, -0.25) is 9.36 Å². The molecule has 2 aromatic carbocycles. The van der Waals surface area contributed by atoms with Crippen LogP contribution in [-0.4, -0.2) is 9.55 Å². The lowest BCUT2D eigenvalue weighted by atomic mass is 10.1. The Morgan fingerprint density at radius 1 is 1.17 bits per heavy atom. The van der Waals surface area contributed by atoms with E-state index in [1.165, 1.54) is 0 Å². The minimum absolute atomic E-state index is 0.0216. The summed E-state index contributed by atoms with van der Waals surface area (Å²) in [4.78, 5) is 17.3. The van der Waals surface area contributed by atoms with E-state index in [0.717, 1.165) is 27.9 Å². The molecule has 0 saturated heterocycles. The van der Waals surface area contributed by atoms with Crippen LogP contribution in [0.1, 0.15) is 17.8 Å². The molecule has 1 aliphatic heterocycles. The van der Waals surface area contributed by atoms with Crippen LogP contribution in [0.4, 0.5) is 0 Å². The van der Waals surface area contributed by atoms with E-state index in [1.54, 1.807) is 22.8 Å². The van der Waals surface area contributed by atoms with Crippen molar-refractivity contribution in [1.82, 2.24) is 9.55 Å². The number of rotatable bonds is 1. The molecule has 2 heterocycles. The predicted octanol–water partition coefficient (Wildman–Crippen LogP) is 4.76. The summed E-state index contributed by atoms with van der Waals surface area (Å²) in [5.74, 6) is 0.757. The fourth-order valence-electron chi connectivity index (χ4n) is 2.89. The fraction of sp³-hybridized carbons (Fsp3) is 0.111. The SMILES string of the molecule is O=c1c2cc(Cl)ccc2nc2n1CCC2=Cc1ccc(Br)cc1. The lowest BCUT2D eigenvalue weighted by Gasteiger charge is -2.06. The first-order valence-corrected chi connectivity index (χ1v) is 8.45. The van der Waals surface area contributed by atoms with Crippen molar-refractivity contribution in [3.63, 3.8) is 0 Å². The Kier molecular flexibility index (Phi) is 3.58. The Morgan fingerprint density at radius 2 is 1.96 bits per heavy atom. The van der Waals surface area contributed by atoms with Crippen molar-refractivity contribution in [2.24, 2.45) is 0 Å². The van der Waals surface area contributed by atoms with Crippen molar-refractivity contribution in [1.29, 1.82) is 0 Å². The summed E-state index contributed by atoms with van der Waals surface area (Å²) in [5.41, 5.74) is 2.85. The molecule has 0 atom stereocenters. The van der Waals surface area contributed by atoms with Gasteiger partial charge in [-0.1, -0.05) is 39.7 Å². The first kappa shape index (κ1) is 14.7. The molecule has 0 aliphatic carbocycles. The number of hydrogen-bond donors (Lipinski definition) is 0. The number of aromatic nitrogens is 2. The van der Waals surface area contributed by atoms with Gasteiger partial charge in [0.15, 0.2) is 0 Å². The molecule has 0 bridgehead atoms. The predicted molar refractivity (Wildman–Crippen MR) is 97.6 cm³/mol. The van der Waals surface area contributed by atoms with Crippen LogP contribution in [0.5, 0.6) is 0 Å². The molecule has 1 aromatic heterocycles. The number of hydrogen-bond acceptors (Lipinski definition) is 2. The summed E-state index contributed by atoms with van der Waals surface area (Å²) in [5, 5.41) is 1.13. The van der Waals surface area contributed by atoms with Gasteiger partial charge in [0.1, 0.15) is 5.82 Å². The van der Waals surface area contributed by atoms with Gasteiger partial charge in [0.05, 0.1) is 10.9 Å². The van der Waals surface area contributed by atoms with Gasteiger partial charge in [0, 0.05) is 16.0 Å². The maximum Gasteiger partial charge on any atom is 0.261 e. The average molecular weight is 388 g/mol. The number of nitrogens with zero attached hydrogens (tertiary/aromatic N) is 2. The summed E-state index contributed by atoms with van der Waals surface area (Å²) in [6, 6.07) is 13.3. The highest BCUT2D eigenvalue weighted by atomic mass is 79.9. The van der Waals surface area contributed by atoms with E-state index < -0.39 is 0 Å². The van der Waals surface area contributed by atoms with Crippen LogP contribution in [0, 0.1) is 0 Å². The Balaban J connectivity index is 1.88. The fourth-order valence-corrected chi connectivity index (χ4v) is 3.32. The largest absolute Gasteiger partial charge is 0.292 e. The molecule has 3 aromatic rings. The van der Waals surface area contributed by atoms with Gasteiger partial charge in [0.2, 0.25) is 0 Å². The minimum Gasteiger partial charge on any atom is -0.292 e. The molecule has 4 rings (SSSR count). The molecule has 23 heavy (non-hydrogen) atoms. The van der Waals surface area contributed by atoms with Gasteiger partial charge >= 0.3 is 0 Å². The molecule has 114 valence electrons. The summed E-state index contributed by atoms with van der Waals surface area (Å²) in [7, 11) is 0. The smallest absolute Gasteiger partial charge is 0.261 e. The van der Waals surface area contributed by atoms with Gasteiger partial charge in [-0.25, -0.2) is 4.98 Å². The number of benzene rings is 2. The number of allylic oxidation sites excluding steroid dienone is 1. The first-order valence-electron chi connectivity index (χ1n) is 7.28. The van der Waals surface area contributed by atoms with E-state index in [4.69, 9.17) is 11.6 Å². The first-order chi connectivity index (χ1) is 11.1. The normalized spacial score (nSPS) is 15.3. The second kappa shape index (κ2) is 5.62. The lowest BCUT2D eigenvalue weighted by molar-refractivity contribution is 0.725. The number of fused-ring (bicyclic) bond motifs is 2. The highest BCUT2D eigenvalue weighted by molar-refractivity contribution is 9.10. The van der Waals surface area contributed by atoms with Crippen LogP contribution in [0.25, 0.3) is 22.6 Å². The van der Waals surface area contributed by atoms with E-state index >= 15 is 0 Å². The van der Waals surface area contributed by atoms with Crippen LogP contribution >= 0.6 is 27.5 Å². The molecule has 0 spiro atoms. The standard InChI is InChI=1S/C18H12BrClN2O/c19-13-3-1-11(2-4-13)9-12-7-8-22-17(12)21-16-6-5-14(20)10-15(16)18(22)23/h1-6,9-10H,7-8H2. The third-order valence-electron chi connectivity index (χ3n) is 4.02. The monoisotopic (exact) mass is 386 g/mol. The van der Waals surface area contributed by atoms with E-state index in [1.807, 2.05) is 24.3 Å². The van der Waals surface area contributed by atoms with Gasteiger partial charge in [-0.15, -0.1) is 0 Å². The summed E-state index contributed by atoms with van der Waals surface area (Å²) in [6.07, 6.45) is 2.90. The van der Waals surface area contributed by atoms with Crippen LogP contribution in [-0.2, 0) is 6.54 Å². The summed E-state index contributed by atoms with van der Waals surface area (Å²) < 4.78 is 2.78. The lowest BCUT2D eigenvalue weighted by Crippen LogP contribution is -2.20. The van der Waals surface area contributed by atoms with E-state index in [0.29, 0.717) is 22.5 Å². The van der Waals surface area contributed by atoms with Crippen molar-refractivity contribution >= 4 is 50.1 Å². The van der Waals surface area contributed by atoms with Crippen LogP contribution in [0.15, 0.2) is 51.7 Å². The third-order valence-corrected chi connectivity index (χ3v) is 4.78. The zero-order valence-electron chi connectivity index (χ0n) is 12.1. The molecule has 0 N–H and O–H groups in total. The molecule has 0 amide bonds. The summed E-state index contributed by atoms with van der Waals surface area (Å²) in [6.45, 7) is 0.659. The zero-order valence-corrected chi connectivity index (χ0v) is 14.4. The topological polar surface area (TPSA) is 34.9 Å². The Labute approximate surface area is 146 Å². The second-order valence-corrected chi connectivity index (χ2v) is 6.88. The van der Waals surface area contributed by atoms with Gasteiger partial charge in [-0.05, 0) is 54.0 Å². The Bertz CT molecular complexity index is 1010. The van der Waals surface area contributed by atoms with Gasteiger partial charge in [0.25, 0.3) is 5.56 Å². The Hall–Kier alpha value is -1.91. The molecule has 5 heteroatoms. The van der Waals surface area contributed by atoms with Crippen LogP contribution < -0.4 is 5.56 Å². The van der Waals surface area contributed by atoms with E-state index in [2.05, 4.69) is 27.0 Å². The molecular weight excluding hydrogens is 376 g/mol. The van der Waals surface area contributed by atoms with E-state index in [-0.39, 0.29) is 5.56 Å². The maximum absolute atomic E-state index is 12.6. The third kappa shape index (κ3) is 2.62. The van der Waals surface area contributed by atoms with Gasteiger partial charge in [-0.2, -0.15) is 0 Å². The van der Waals surface area contributed by atoms with Crippen molar-refractivity contribution in [3.8, 4) is 0 Å². The maximum atomic E-state index is 12.6. The highest BCUT2D eigenvalue weighted by Gasteiger charge is 2.20. The summed E-state index contributed by atoms with van der Waals surface area (Å²) >= 11 is 9.44. The van der Waals surface area contributed by atoms with Gasteiger partial charge < -0.3 is 0 Å². The van der Waals surface area contributed by atoms with Crippen molar-refractivity contribution < 1.29 is 0 Å². The quantitative estimate of drug-likeness (QED) is 0.603. The molecule has 3 nitrogen and oxygen atoms in total. The molecular formula is C18H12BrClN2O. The average Bonchev–Trinajstić information content (AvgIpc) is 2.94. The molecule has 1 aliphatic rings. The molecule has 0 unspecified atom stereocenters. The molecule has 0 radical (unpaired) electrons. The Morgan fingerprint density at radius 3 is 2.74 bits per heavy atom.